The number of alkyl halides is 3. The molecule has 5 heterocycles. The van der Waals surface area contributed by atoms with Gasteiger partial charge < -0.3 is 9.80 Å². The number of halogens is 3. The fourth-order valence-electron chi connectivity index (χ4n) is 3.88. The molecule has 1 amide bonds. The van der Waals surface area contributed by atoms with Gasteiger partial charge in [0.1, 0.15) is 5.82 Å². The third-order valence-corrected chi connectivity index (χ3v) is 5.34. The number of nitrogens with zero attached hydrogens (tertiary/aromatic N) is 8. The van der Waals surface area contributed by atoms with Crippen LogP contribution in [0.3, 0.4) is 0 Å². The van der Waals surface area contributed by atoms with Crippen LogP contribution in [0, 0.1) is 0 Å². The van der Waals surface area contributed by atoms with E-state index < -0.39 is 12.0 Å². The molecule has 9 nitrogen and oxygen atoms in total. The SMILES string of the molecule is O=C1CCCN1c1cnn(C2CCN(c3ccc4nnc(C(F)(F)F)n4n3)C2)c1. The monoisotopic (exact) mass is 406 g/mol. The summed E-state index contributed by atoms with van der Waals surface area (Å²) in [5, 5.41) is 15.2. The Labute approximate surface area is 162 Å². The second-order valence-corrected chi connectivity index (χ2v) is 7.20. The zero-order valence-electron chi connectivity index (χ0n) is 15.2. The Morgan fingerprint density at radius 3 is 2.76 bits per heavy atom. The van der Waals surface area contributed by atoms with Crippen molar-refractivity contribution in [2.24, 2.45) is 0 Å². The number of hydrogen-bond donors (Lipinski definition) is 0. The van der Waals surface area contributed by atoms with Crippen LogP contribution >= 0.6 is 0 Å². The number of anilines is 2. The molecule has 1 atom stereocenters. The Morgan fingerprint density at radius 1 is 1.14 bits per heavy atom. The lowest BCUT2D eigenvalue weighted by atomic mass is 10.3. The van der Waals surface area contributed by atoms with E-state index in [0.717, 1.165) is 23.0 Å². The van der Waals surface area contributed by atoms with Gasteiger partial charge in [0.05, 0.1) is 17.9 Å². The number of fused-ring (bicyclic) bond motifs is 1. The van der Waals surface area contributed by atoms with Gasteiger partial charge >= 0.3 is 6.18 Å². The molecule has 2 saturated heterocycles. The van der Waals surface area contributed by atoms with Crippen molar-refractivity contribution < 1.29 is 18.0 Å². The Bertz CT molecular complexity index is 1070. The standard InChI is InChI=1S/C17H17F3N8O/c18-17(19,20)16-23-22-13-3-4-14(24-28(13)16)25-7-5-11(9-25)27-10-12(8-21-27)26-6-1-2-15(26)29/h3-4,8,10-11H,1-2,5-7,9H2. The van der Waals surface area contributed by atoms with Gasteiger partial charge in [0.15, 0.2) is 5.65 Å². The summed E-state index contributed by atoms with van der Waals surface area (Å²) in [5.41, 5.74) is 0.827. The summed E-state index contributed by atoms with van der Waals surface area (Å²) in [4.78, 5) is 15.5. The van der Waals surface area contributed by atoms with Crippen LogP contribution in [0.15, 0.2) is 24.5 Å². The highest BCUT2D eigenvalue weighted by atomic mass is 19.4. The maximum Gasteiger partial charge on any atom is 0.453 e. The van der Waals surface area contributed by atoms with Crippen molar-refractivity contribution in [1.82, 2.24) is 29.6 Å². The van der Waals surface area contributed by atoms with Gasteiger partial charge in [0, 0.05) is 32.3 Å². The summed E-state index contributed by atoms with van der Waals surface area (Å²) in [6.07, 6.45) is 1.08. The molecule has 5 rings (SSSR count). The van der Waals surface area contributed by atoms with E-state index in [1.165, 1.54) is 6.07 Å². The zero-order valence-corrected chi connectivity index (χ0v) is 15.2. The summed E-state index contributed by atoms with van der Waals surface area (Å²) in [5.74, 6) is -0.617. The number of rotatable bonds is 3. The molecule has 12 heteroatoms. The highest BCUT2D eigenvalue weighted by molar-refractivity contribution is 5.95. The van der Waals surface area contributed by atoms with E-state index in [4.69, 9.17) is 0 Å². The van der Waals surface area contributed by atoms with E-state index in [1.807, 2.05) is 15.8 Å². The lowest BCUT2D eigenvalue weighted by molar-refractivity contribution is -0.146. The third kappa shape index (κ3) is 3.08. The van der Waals surface area contributed by atoms with E-state index in [9.17, 15) is 18.0 Å². The quantitative estimate of drug-likeness (QED) is 0.661. The molecule has 0 saturated carbocycles. The third-order valence-electron chi connectivity index (χ3n) is 5.34. The van der Waals surface area contributed by atoms with Gasteiger partial charge in [-0.15, -0.1) is 15.3 Å². The van der Waals surface area contributed by atoms with Crippen molar-refractivity contribution in [3.63, 3.8) is 0 Å². The average molecular weight is 406 g/mol. The minimum absolute atomic E-state index is 0.0435. The smallest absolute Gasteiger partial charge is 0.353 e. The predicted molar refractivity (Wildman–Crippen MR) is 95.5 cm³/mol. The van der Waals surface area contributed by atoms with Gasteiger partial charge in [-0.1, -0.05) is 0 Å². The van der Waals surface area contributed by atoms with Crippen molar-refractivity contribution in [2.45, 2.75) is 31.5 Å². The number of carbonyl (C=O) groups is 1. The Morgan fingerprint density at radius 2 is 2.00 bits per heavy atom. The van der Waals surface area contributed by atoms with Crippen LogP contribution in [0.4, 0.5) is 24.7 Å². The number of amides is 1. The van der Waals surface area contributed by atoms with Crippen LogP contribution in [0.5, 0.6) is 0 Å². The first-order valence-electron chi connectivity index (χ1n) is 9.29. The minimum Gasteiger partial charge on any atom is -0.353 e. The van der Waals surface area contributed by atoms with E-state index in [1.54, 1.807) is 17.2 Å². The molecule has 0 spiro atoms. The topological polar surface area (TPSA) is 84.5 Å². The summed E-state index contributed by atoms with van der Waals surface area (Å²) in [6, 6.07) is 3.16. The first-order valence-corrected chi connectivity index (χ1v) is 9.29. The number of aromatic nitrogens is 6. The molecule has 3 aromatic rings. The molecule has 2 fully saturated rings. The summed E-state index contributed by atoms with van der Waals surface area (Å²) < 4.78 is 41.8. The van der Waals surface area contributed by atoms with Crippen molar-refractivity contribution in [3.8, 4) is 0 Å². The first-order chi connectivity index (χ1) is 13.9. The molecule has 2 aliphatic heterocycles. The largest absolute Gasteiger partial charge is 0.453 e. The van der Waals surface area contributed by atoms with Crippen LogP contribution in [0.1, 0.15) is 31.1 Å². The zero-order chi connectivity index (χ0) is 20.2. The molecular formula is C17H17F3N8O. The van der Waals surface area contributed by atoms with Crippen LogP contribution in [0.25, 0.3) is 5.65 Å². The molecule has 1 unspecified atom stereocenters. The molecular weight excluding hydrogens is 389 g/mol. The van der Waals surface area contributed by atoms with Gasteiger partial charge in [-0.3, -0.25) is 9.48 Å². The summed E-state index contributed by atoms with van der Waals surface area (Å²) >= 11 is 0. The molecule has 29 heavy (non-hydrogen) atoms. The Balaban J connectivity index is 1.36. The molecule has 0 aromatic carbocycles. The van der Waals surface area contributed by atoms with Gasteiger partial charge in [0.25, 0.3) is 5.82 Å². The normalized spacial score (nSPS) is 20.4. The summed E-state index contributed by atoms with van der Waals surface area (Å²) in [7, 11) is 0. The molecule has 2 aliphatic rings. The van der Waals surface area contributed by atoms with Crippen LogP contribution in [-0.2, 0) is 11.0 Å². The molecule has 3 aromatic heterocycles. The fraction of sp³-hybridized carbons (Fsp3) is 0.471. The van der Waals surface area contributed by atoms with Crippen LogP contribution < -0.4 is 9.80 Å². The van der Waals surface area contributed by atoms with E-state index >= 15 is 0 Å². The molecule has 0 aliphatic carbocycles. The maximum atomic E-state index is 13.1. The number of carbonyl (C=O) groups excluding carboxylic acids is 1. The number of hydrogen-bond acceptors (Lipinski definition) is 6. The fourth-order valence-corrected chi connectivity index (χ4v) is 3.88. The summed E-state index contributed by atoms with van der Waals surface area (Å²) in [6.45, 7) is 1.88. The van der Waals surface area contributed by atoms with Gasteiger partial charge in [-0.2, -0.15) is 22.8 Å². The van der Waals surface area contributed by atoms with Crippen molar-refractivity contribution in [2.75, 3.05) is 29.4 Å². The van der Waals surface area contributed by atoms with Gasteiger partial charge in [-0.25, -0.2) is 0 Å². The second kappa shape index (κ2) is 6.42. The molecule has 0 radical (unpaired) electrons. The highest BCUT2D eigenvalue weighted by Gasteiger charge is 2.38. The Kier molecular flexibility index (Phi) is 3.96. The van der Waals surface area contributed by atoms with Crippen molar-refractivity contribution in [1.29, 1.82) is 0 Å². The molecule has 152 valence electrons. The van der Waals surface area contributed by atoms with E-state index in [-0.39, 0.29) is 17.6 Å². The van der Waals surface area contributed by atoms with Crippen molar-refractivity contribution in [3.05, 3.63) is 30.4 Å². The molecule has 0 N–H and O–H groups in total. The maximum absolute atomic E-state index is 13.1. The van der Waals surface area contributed by atoms with Crippen LogP contribution in [0.2, 0.25) is 0 Å². The first kappa shape index (κ1) is 17.9. The average Bonchev–Trinajstić information content (AvgIpc) is 3.45. The second-order valence-electron chi connectivity index (χ2n) is 7.20. The highest BCUT2D eigenvalue weighted by Crippen LogP contribution is 2.30. The van der Waals surface area contributed by atoms with E-state index in [0.29, 0.717) is 31.9 Å². The predicted octanol–water partition coefficient (Wildman–Crippen LogP) is 1.92. The Hall–Kier alpha value is -3.18. The van der Waals surface area contributed by atoms with Gasteiger partial charge in [0.2, 0.25) is 5.91 Å². The minimum atomic E-state index is -4.63. The van der Waals surface area contributed by atoms with Crippen LogP contribution in [-0.4, -0.2) is 55.1 Å². The van der Waals surface area contributed by atoms with Gasteiger partial charge in [-0.05, 0) is 25.0 Å². The van der Waals surface area contributed by atoms with E-state index in [2.05, 4.69) is 20.4 Å². The van der Waals surface area contributed by atoms with Crippen molar-refractivity contribution >= 4 is 23.1 Å². The lowest BCUT2D eigenvalue weighted by Gasteiger charge is -2.18. The molecule has 0 bridgehead atoms. The lowest BCUT2D eigenvalue weighted by Crippen LogP contribution is -2.24.